The van der Waals surface area contributed by atoms with E-state index in [2.05, 4.69) is 10.2 Å². The number of hydrogen-bond acceptors (Lipinski definition) is 3. The van der Waals surface area contributed by atoms with Crippen LogP contribution < -0.4 is 10.2 Å². The Morgan fingerprint density at radius 2 is 1.67 bits per heavy atom. The van der Waals surface area contributed by atoms with Crippen LogP contribution in [0.5, 0.6) is 0 Å². The van der Waals surface area contributed by atoms with Gasteiger partial charge in [0.15, 0.2) is 0 Å². The van der Waals surface area contributed by atoms with E-state index in [1.54, 1.807) is 18.2 Å². The highest BCUT2D eigenvalue weighted by molar-refractivity contribution is 6.33. The number of carbonyl (C=O) groups excluding carboxylic acids is 2. The van der Waals surface area contributed by atoms with Gasteiger partial charge in [0.05, 0.1) is 10.7 Å². The van der Waals surface area contributed by atoms with Gasteiger partial charge in [-0.3, -0.25) is 9.59 Å². The van der Waals surface area contributed by atoms with Gasteiger partial charge < -0.3 is 15.1 Å². The van der Waals surface area contributed by atoms with Crippen molar-refractivity contribution < 1.29 is 9.59 Å². The highest BCUT2D eigenvalue weighted by Gasteiger charge is 2.24. The zero-order valence-corrected chi connectivity index (χ0v) is 16.4. The average Bonchev–Trinajstić information content (AvgIpc) is 2.68. The van der Waals surface area contributed by atoms with Gasteiger partial charge in [-0.2, -0.15) is 0 Å². The Morgan fingerprint density at radius 3 is 2.26 bits per heavy atom. The number of hydrogen-bond donors (Lipinski definition) is 1. The molecule has 1 N–H and O–H groups in total. The number of anilines is 2. The summed E-state index contributed by atoms with van der Waals surface area (Å²) < 4.78 is 0. The lowest BCUT2D eigenvalue weighted by molar-refractivity contribution is -0.134. The first-order valence-corrected chi connectivity index (χ1v) is 9.53. The fourth-order valence-electron chi connectivity index (χ4n) is 3.17. The number of halogens is 1. The Bertz CT molecular complexity index is 815. The number of amides is 2. The topological polar surface area (TPSA) is 52.7 Å². The molecule has 6 heteroatoms. The number of carbonyl (C=O) groups is 2. The molecule has 1 aliphatic rings. The van der Waals surface area contributed by atoms with Crippen LogP contribution in [0.4, 0.5) is 11.4 Å². The van der Waals surface area contributed by atoms with Gasteiger partial charge >= 0.3 is 0 Å². The van der Waals surface area contributed by atoms with Gasteiger partial charge in [-0.05, 0) is 30.3 Å². The molecule has 1 fully saturated rings. The molecule has 0 unspecified atom stereocenters. The molecule has 27 heavy (non-hydrogen) atoms. The van der Waals surface area contributed by atoms with Crippen LogP contribution in [-0.2, 0) is 4.79 Å². The summed E-state index contributed by atoms with van der Waals surface area (Å²) in [4.78, 5) is 28.5. The minimum absolute atomic E-state index is 0.0210. The van der Waals surface area contributed by atoms with Crippen LogP contribution in [-0.4, -0.2) is 42.9 Å². The molecule has 2 aromatic carbocycles. The molecule has 3 rings (SSSR count). The molecule has 5 nitrogen and oxygen atoms in total. The van der Waals surface area contributed by atoms with Crippen LogP contribution in [0, 0.1) is 5.92 Å². The van der Waals surface area contributed by atoms with Crippen LogP contribution in [0.2, 0.25) is 5.02 Å². The van der Waals surface area contributed by atoms with Gasteiger partial charge in [0, 0.05) is 43.3 Å². The van der Waals surface area contributed by atoms with Crippen molar-refractivity contribution in [2.24, 2.45) is 5.92 Å². The van der Waals surface area contributed by atoms with Crippen molar-refractivity contribution in [1.82, 2.24) is 4.90 Å². The highest BCUT2D eigenvalue weighted by atomic mass is 35.5. The second-order valence-electron chi connectivity index (χ2n) is 6.95. The first-order valence-electron chi connectivity index (χ1n) is 9.15. The molecule has 0 atom stereocenters. The summed E-state index contributed by atoms with van der Waals surface area (Å²) in [6, 6.07) is 14.6. The first kappa shape index (κ1) is 19.2. The first-order chi connectivity index (χ1) is 13.0. The molecule has 142 valence electrons. The molecule has 0 bridgehead atoms. The second-order valence-corrected chi connectivity index (χ2v) is 7.36. The van der Waals surface area contributed by atoms with E-state index in [-0.39, 0.29) is 17.7 Å². The lowest BCUT2D eigenvalue weighted by Gasteiger charge is -2.37. The van der Waals surface area contributed by atoms with Crippen molar-refractivity contribution in [3.05, 3.63) is 59.1 Å². The minimum Gasteiger partial charge on any atom is -0.367 e. The predicted octanol–water partition coefficient (Wildman–Crippen LogP) is 3.90. The molecule has 2 amide bonds. The molecule has 0 radical (unpaired) electrons. The fraction of sp³-hybridized carbons (Fsp3) is 0.333. The molecule has 1 saturated heterocycles. The summed E-state index contributed by atoms with van der Waals surface area (Å²) in [5.41, 5.74) is 2.18. The van der Waals surface area contributed by atoms with Gasteiger partial charge in [-0.1, -0.05) is 43.6 Å². The van der Waals surface area contributed by atoms with Crippen LogP contribution in [0.15, 0.2) is 48.5 Å². The van der Waals surface area contributed by atoms with E-state index in [0.717, 1.165) is 18.8 Å². The average molecular weight is 386 g/mol. The van der Waals surface area contributed by atoms with E-state index in [4.69, 9.17) is 11.6 Å². The van der Waals surface area contributed by atoms with Crippen molar-refractivity contribution in [3.8, 4) is 0 Å². The zero-order valence-electron chi connectivity index (χ0n) is 15.6. The molecule has 2 aromatic rings. The molecular formula is C21H24ClN3O2. The number of nitrogens with zero attached hydrogens (tertiary/aromatic N) is 2. The van der Waals surface area contributed by atoms with E-state index < -0.39 is 0 Å². The lowest BCUT2D eigenvalue weighted by atomic mass is 10.1. The van der Waals surface area contributed by atoms with Crippen molar-refractivity contribution in [2.75, 3.05) is 36.4 Å². The van der Waals surface area contributed by atoms with E-state index in [1.807, 2.05) is 49.1 Å². The molecule has 0 saturated carbocycles. The monoisotopic (exact) mass is 385 g/mol. The summed E-state index contributed by atoms with van der Waals surface area (Å²) in [7, 11) is 0. The van der Waals surface area contributed by atoms with Crippen LogP contribution >= 0.6 is 11.6 Å². The van der Waals surface area contributed by atoms with Crippen LogP contribution in [0.3, 0.4) is 0 Å². The quantitative estimate of drug-likeness (QED) is 0.868. The molecule has 0 spiro atoms. The Kier molecular flexibility index (Phi) is 6.01. The van der Waals surface area contributed by atoms with E-state index in [9.17, 15) is 9.59 Å². The zero-order chi connectivity index (χ0) is 19.4. The second kappa shape index (κ2) is 8.44. The van der Waals surface area contributed by atoms with Crippen molar-refractivity contribution in [2.45, 2.75) is 13.8 Å². The summed E-state index contributed by atoms with van der Waals surface area (Å²) in [6.07, 6.45) is 0. The number of nitrogens with one attached hydrogen (secondary N) is 1. The third-order valence-electron chi connectivity index (χ3n) is 4.67. The largest absolute Gasteiger partial charge is 0.367 e. The third kappa shape index (κ3) is 4.61. The molecule has 1 heterocycles. The van der Waals surface area contributed by atoms with Crippen molar-refractivity contribution in [3.63, 3.8) is 0 Å². The van der Waals surface area contributed by atoms with Gasteiger partial charge in [-0.15, -0.1) is 0 Å². The Balaban J connectivity index is 1.64. The number of benzene rings is 2. The normalized spacial score (nSPS) is 14.4. The van der Waals surface area contributed by atoms with Gasteiger partial charge in [0.1, 0.15) is 0 Å². The standard InChI is InChI=1S/C21H24ClN3O2/c1-15(2)21(27)25-12-10-24(11-13-25)19-9-8-17(14-18(19)22)23-20(26)16-6-4-3-5-7-16/h3-9,14-15H,10-13H2,1-2H3,(H,23,26). The number of piperazine rings is 1. The Hall–Kier alpha value is -2.53. The molecular weight excluding hydrogens is 362 g/mol. The van der Waals surface area contributed by atoms with Crippen molar-refractivity contribution in [1.29, 1.82) is 0 Å². The van der Waals surface area contributed by atoms with E-state index in [1.165, 1.54) is 0 Å². The van der Waals surface area contributed by atoms with Gasteiger partial charge in [-0.25, -0.2) is 0 Å². The predicted molar refractivity (Wildman–Crippen MR) is 109 cm³/mol. The third-order valence-corrected chi connectivity index (χ3v) is 4.97. The highest BCUT2D eigenvalue weighted by Crippen LogP contribution is 2.30. The summed E-state index contributed by atoms with van der Waals surface area (Å²) >= 11 is 6.47. The Morgan fingerprint density at radius 1 is 1.00 bits per heavy atom. The van der Waals surface area contributed by atoms with Crippen molar-refractivity contribution >= 4 is 34.8 Å². The number of rotatable bonds is 4. The maximum absolute atomic E-state index is 12.3. The van der Waals surface area contributed by atoms with E-state index in [0.29, 0.717) is 29.4 Å². The Labute approximate surface area is 164 Å². The SMILES string of the molecule is CC(C)C(=O)N1CCN(c2ccc(NC(=O)c3ccccc3)cc2Cl)CC1. The smallest absolute Gasteiger partial charge is 0.255 e. The fourth-order valence-corrected chi connectivity index (χ4v) is 3.47. The lowest BCUT2D eigenvalue weighted by Crippen LogP contribution is -2.50. The summed E-state index contributed by atoms with van der Waals surface area (Å²) in [5, 5.41) is 3.46. The van der Waals surface area contributed by atoms with Crippen LogP contribution in [0.1, 0.15) is 24.2 Å². The summed E-state index contributed by atoms with van der Waals surface area (Å²) in [6.45, 7) is 6.73. The maximum atomic E-state index is 12.3. The summed E-state index contributed by atoms with van der Waals surface area (Å²) in [5.74, 6) is 0.0487. The maximum Gasteiger partial charge on any atom is 0.255 e. The van der Waals surface area contributed by atoms with Crippen LogP contribution in [0.25, 0.3) is 0 Å². The minimum atomic E-state index is -0.166. The van der Waals surface area contributed by atoms with Gasteiger partial charge in [0.25, 0.3) is 5.91 Å². The molecule has 1 aliphatic heterocycles. The molecule has 0 aliphatic carbocycles. The van der Waals surface area contributed by atoms with E-state index >= 15 is 0 Å². The molecule has 0 aromatic heterocycles. The van der Waals surface area contributed by atoms with Gasteiger partial charge in [0.2, 0.25) is 5.91 Å².